The van der Waals surface area contributed by atoms with Crippen molar-refractivity contribution in [2.24, 2.45) is 0 Å². The molecular weight excluding hydrogens is 689 g/mol. The van der Waals surface area contributed by atoms with Gasteiger partial charge in [0.25, 0.3) is 0 Å². The van der Waals surface area contributed by atoms with Crippen molar-refractivity contribution in [2.75, 3.05) is 0 Å². The lowest BCUT2D eigenvalue weighted by molar-refractivity contribution is 0.661. The van der Waals surface area contributed by atoms with Crippen LogP contribution in [0.4, 0.5) is 0 Å². The third-order valence-electron chi connectivity index (χ3n) is 12.1. The Morgan fingerprint density at radius 2 is 0.825 bits per heavy atom. The molecule has 268 valence electrons. The van der Waals surface area contributed by atoms with Gasteiger partial charge in [0, 0.05) is 22.1 Å². The second-order valence-electron chi connectivity index (χ2n) is 15.7. The molecule has 1 aromatic heterocycles. The van der Waals surface area contributed by atoms with E-state index in [1.807, 2.05) is 12.1 Å². The Morgan fingerprint density at radius 3 is 1.40 bits per heavy atom. The van der Waals surface area contributed by atoms with Crippen LogP contribution in [0.25, 0.3) is 99.6 Å². The van der Waals surface area contributed by atoms with E-state index < -0.39 is 0 Å². The van der Waals surface area contributed by atoms with Gasteiger partial charge in [0.15, 0.2) is 5.82 Å². The Labute approximate surface area is 332 Å². The lowest BCUT2D eigenvalue weighted by Gasteiger charge is -2.23. The first-order valence-electron chi connectivity index (χ1n) is 19.7. The van der Waals surface area contributed by atoms with Crippen molar-refractivity contribution in [3.05, 3.63) is 205 Å². The SMILES string of the molecule is CC1(C)c2cc3ccccc3cc2-c2c(-c3c4ccccc4c(-c4ccc(-c5nc(-c6ccccc6)cc(-c6ccccc6)n5)cc4)c4ccccc34)cccc21. The minimum Gasteiger partial charge on any atom is -0.228 e. The highest BCUT2D eigenvalue weighted by Crippen LogP contribution is 2.55. The minimum absolute atomic E-state index is 0.121. The molecule has 1 aliphatic rings. The van der Waals surface area contributed by atoms with Gasteiger partial charge in [-0.1, -0.05) is 190 Å². The quantitative estimate of drug-likeness (QED) is 0.165. The highest BCUT2D eigenvalue weighted by molar-refractivity contribution is 6.23. The Bertz CT molecular complexity index is 3060. The maximum absolute atomic E-state index is 5.11. The van der Waals surface area contributed by atoms with Gasteiger partial charge in [-0.05, 0) is 95.0 Å². The van der Waals surface area contributed by atoms with Crippen molar-refractivity contribution < 1.29 is 0 Å². The van der Waals surface area contributed by atoms with Crippen molar-refractivity contribution in [2.45, 2.75) is 19.3 Å². The normalized spacial score (nSPS) is 12.9. The zero-order valence-electron chi connectivity index (χ0n) is 31.9. The monoisotopic (exact) mass is 726 g/mol. The molecule has 0 fully saturated rings. The molecule has 1 aliphatic carbocycles. The molecule has 1 heterocycles. The number of hydrogen-bond acceptors (Lipinski definition) is 2. The van der Waals surface area contributed by atoms with Crippen LogP contribution in [0.1, 0.15) is 25.0 Å². The Kier molecular flexibility index (Phi) is 7.55. The predicted molar refractivity (Wildman–Crippen MR) is 239 cm³/mol. The molecule has 0 amide bonds. The van der Waals surface area contributed by atoms with Gasteiger partial charge < -0.3 is 0 Å². The van der Waals surface area contributed by atoms with Gasteiger partial charge in [-0.15, -0.1) is 0 Å². The molecule has 0 spiro atoms. The van der Waals surface area contributed by atoms with Crippen LogP contribution in [-0.4, -0.2) is 9.97 Å². The average molecular weight is 727 g/mol. The molecule has 2 nitrogen and oxygen atoms in total. The van der Waals surface area contributed by atoms with Gasteiger partial charge in [-0.25, -0.2) is 9.97 Å². The summed E-state index contributed by atoms with van der Waals surface area (Å²) in [6, 6.07) is 70.1. The van der Waals surface area contributed by atoms with Crippen LogP contribution < -0.4 is 0 Å². The van der Waals surface area contributed by atoms with Crippen molar-refractivity contribution in [3.8, 4) is 67.3 Å². The number of benzene rings is 9. The number of aromatic nitrogens is 2. The summed E-state index contributed by atoms with van der Waals surface area (Å²) in [6.45, 7) is 4.76. The van der Waals surface area contributed by atoms with E-state index >= 15 is 0 Å². The van der Waals surface area contributed by atoms with E-state index in [-0.39, 0.29) is 5.41 Å². The second-order valence-corrected chi connectivity index (χ2v) is 15.7. The first kappa shape index (κ1) is 33.2. The fourth-order valence-corrected chi connectivity index (χ4v) is 9.29. The zero-order valence-corrected chi connectivity index (χ0v) is 31.9. The third kappa shape index (κ3) is 5.33. The van der Waals surface area contributed by atoms with E-state index in [1.54, 1.807) is 0 Å². The fraction of sp³-hybridized carbons (Fsp3) is 0.0545. The van der Waals surface area contributed by atoms with Gasteiger partial charge in [-0.2, -0.15) is 0 Å². The smallest absolute Gasteiger partial charge is 0.160 e. The fourth-order valence-electron chi connectivity index (χ4n) is 9.29. The first-order valence-corrected chi connectivity index (χ1v) is 19.7. The molecule has 0 N–H and O–H groups in total. The summed E-state index contributed by atoms with van der Waals surface area (Å²) in [5, 5.41) is 7.54. The third-order valence-corrected chi connectivity index (χ3v) is 12.1. The molecule has 57 heavy (non-hydrogen) atoms. The van der Waals surface area contributed by atoms with E-state index in [1.165, 1.54) is 71.3 Å². The van der Waals surface area contributed by atoms with E-state index in [4.69, 9.17) is 9.97 Å². The molecule has 0 radical (unpaired) electrons. The number of nitrogens with zero attached hydrogens (tertiary/aromatic N) is 2. The van der Waals surface area contributed by atoms with E-state index in [9.17, 15) is 0 Å². The molecule has 0 aliphatic heterocycles. The van der Waals surface area contributed by atoms with Crippen LogP contribution in [0.2, 0.25) is 0 Å². The van der Waals surface area contributed by atoms with Crippen LogP contribution in [0, 0.1) is 0 Å². The molecule has 0 atom stereocenters. The van der Waals surface area contributed by atoms with Crippen molar-refractivity contribution in [1.29, 1.82) is 0 Å². The molecule has 0 saturated carbocycles. The van der Waals surface area contributed by atoms with E-state index in [2.05, 4.69) is 196 Å². The molecule has 11 rings (SSSR count). The van der Waals surface area contributed by atoms with Gasteiger partial charge in [0.2, 0.25) is 0 Å². The first-order chi connectivity index (χ1) is 28.0. The van der Waals surface area contributed by atoms with Crippen LogP contribution in [0.3, 0.4) is 0 Å². The van der Waals surface area contributed by atoms with E-state index in [0.29, 0.717) is 5.82 Å². The molecule has 0 bridgehead atoms. The van der Waals surface area contributed by atoms with Crippen molar-refractivity contribution in [1.82, 2.24) is 9.97 Å². The van der Waals surface area contributed by atoms with Gasteiger partial charge >= 0.3 is 0 Å². The van der Waals surface area contributed by atoms with Crippen LogP contribution in [-0.2, 0) is 5.41 Å². The van der Waals surface area contributed by atoms with Crippen molar-refractivity contribution >= 4 is 32.3 Å². The molecule has 10 aromatic rings. The summed E-state index contributed by atoms with van der Waals surface area (Å²) in [4.78, 5) is 10.2. The Hall–Kier alpha value is -7.16. The summed E-state index contributed by atoms with van der Waals surface area (Å²) in [6.07, 6.45) is 0. The zero-order chi connectivity index (χ0) is 38.1. The standard InChI is InChI=1S/C55H38N2/c1-55(2)47-27-15-26-45(53(47)46-32-39-20-9-10-21-40(39)33-48(46)55)52-43-24-13-11-22-41(43)51(42-23-12-14-25-44(42)52)37-28-30-38(31-29-37)54-56-49(35-16-5-3-6-17-35)34-50(57-54)36-18-7-4-8-19-36/h3-34H,1-2H3. The number of fused-ring (bicyclic) bond motifs is 6. The Balaban J connectivity index is 1.10. The predicted octanol–water partition coefficient (Wildman–Crippen LogP) is 14.6. The average Bonchev–Trinajstić information content (AvgIpc) is 3.50. The minimum atomic E-state index is -0.121. The molecule has 2 heteroatoms. The lowest BCUT2D eigenvalue weighted by atomic mass is 9.80. The van der Waals surface area contributed by atoms with Crippen LogP contribution in [0.5, 0.6) is 0 Å². The lowest BCUT2D eigenvalue weighted by Crippen LogP contribution is -2.14. The topological polar surface area (TPSA) is 25.8 Å². The summed E-state index contributed by atoms with van der Waals surface area (Å²) in [5.41, 5.74) is 15.2. The maximum Gasteiger partial charge on any atom is 0.160 e. The van der Waals surface area contributed by atoms with Gasteiger partial charge in [-0.3, -0.25) is 0 Å². The highest BCUT2D eigenvalue weighted by atomic mass is 14.9. The molecular formula is C55H38N2. The van der Waals surface area contributed by atoms with Crippen LogP contribution in [0.15, 0.2) is 194 Å². The summed E-state index contributed by atoms with van der Waals surface area (Å²) in [7, 11) is 0. The molecule has 9 aromatic carbocycles. The van der Waals surface area contributed by atoms with Crippen molar-refractivity contribution in [3.63, 3.8) is 0 Å². The summed E-state index contributed by atoms with van der Waals surface area (Å²) < 4.78 is 0. The second kappa shape index (κ2) is 13.0. The Morgan fingerprint density at radius 1 is 0.333 bits per heavy atom. The summed E-state index contributed by atoms with van der Waals surface area (Å²) in [5.74, 6) is 0.709. The largest absolute Gasteiger partial charge is 0.228 e. The maximum atomic E-state index is 5.11. The van der Waals surface area contributed by atoms with Gasteiger partial charge in [0.1, 0.15) is 0 Å². The summed E-state index contributed by atoms with van der Waals surface area (Å²) >= 11 is 0. The highest BCUT2D eigenvalue weighted by Gasteiger charge is 2.37. The van der Waals surface area contributed by atoms with E-state index in [0.717, 1.165) is 33.6 Å². The molecule has 0 saturated heterocycles. The molecule has 0 unspecified atom stereocenters. The number of hydrogen-bond donors (Lipinski definition) is 0. The number of rotatable bonds is 5. The van der Waals surface area contributed by atoms with Crippen LogP contribution >= 0.6 is 0 Å². The van der Waals surface area contributed by atoms with Gasteiger partial charge in [0.05, 0.1) is 11.4 Å².